The van der Waals surface area contributed by atoms with Crippen molar-refractivity contribution in [3.05, 3.63) is 11.8 Å². The molecule has 1 saturated heterocycles. The maximum absolute atomic E-state index is 8.00. The molecule has 0 aromatic rings. The van der Waals surface area contributed by atoms with Crippen LogP contribution in [0.15, 0.2) is 11.8 Å². The van der Waals surface area contributed by atoms with Crippen LogP contribution in [-0.4, -0.2) is 18.5 Å². The zero-order chi connectivity index (χ0) is 7.23. The SMILES string of the molecule is C1CO1.OOC1=CCCC1. The Morgan fingerprint density at radius 3 is 2.40 bits per heavy atom. The summed E-state index contributed by atoms with van der Waals surface area (Å²) in [4.78, 5) is 3.97. The molecule has 0 bridgehead atoms. The summed E-state index contributed by atoms with van der Waals surface area (Å²) in [5.41, 5.74) is 0. The summed E-state index contributed by atoms with van der Waals surface area (Å²) in [6.45, 7) is 2.00. The molecule has 0 atom stereocenters. The van der Waals surface area contributed by atoms with Crippen molar-refractivity contribution in [3.63, 3.8) is 0 Å². The van der Waals surface area contributed by atoms with Crippen molar-refractivity contribution >= 4 is 0 Å². The van der Waals surface area contributed by atoms with Gasteiger partial charge in [-0.15, -0.1) is 0 Å². The molecule has 1 aliphatic carbocycles. The van der Waals surface area contributed by atoms with E-state index in [2.05, 4.69) is 9.62 Å². The number of hydrogen-bond donors (Lipinski definition) is 1. The maximum atomic E-state index is 8.00. The predicted octanol–water partition coefficient (Wildman–Crippen LogP) is 1.56. The second-order valence-electron chi connectivity index (χ2n) is 2.27. The molecule has 0 radical (unpaired) electrons. The molecule has 2 aliphatic rings. The van der Waals surface area contributed by atoms with Crippen molar-refractivity contribution in [2.24, 2.45) is 0 Å². The Labute approximate surface area is 60.2 Å². The Kier molecular flexibility index (Phi) is 3.26. The minimum absolute atomic E-state index is 0.722. The first-order valence-corrected chi connectivity index (χ1v) is 3.51. The van der Waals surface area contributed by atoms with Gasteiger partial charge in [-0.3, -0.25) is 0 Å². The molecule has 0 saturated carbocycles. The van der Waals surface area contributed by atoms with Gasteiger partial charge in [-0.25, -0.2) is 5.26 Å². The number of allylic oxidation sites excluding steroid dienone is 2. The van der Waals surface area contributed by atoms with E-state index in [0.717, 1.165) is 38.2 Å². The van der Waals surface area contributed by atoms with Crippen LogP contribution >= 0.6 is 0 Å². The van der Waals surface area contributed by atoms with Crippen LogP contribution in [0.5, 0.6) is 0 Å². The van der Waals surface area contributed by atoms with E-state index in [1.54, 1.807) is 0 Å². The Morgan fingerprint density at radius 1 is 1.50 bits per heavy atom. The average Bonchev–Trinajstić information content (AvgIpc) is 2.75. The summed E-state index contributed by atoms with van der Waals surface area (Å²) >= 11 is 0. The van der Waals surface area contributed by atoms with Crippen LogP contribution in [0.3, 0.4) is 0 Å². The van der Waals surface area contributed by atoms with Crippen LogP contribution < -0.4 is 0 Å². The number of ether oxygens (including phenoxy) is 1. The van der Waals surface area contributed by atoms with Gasteiger partial charge in [0.2, 0.25) is 0 Å². The summed E-state index contributed by atoms with van der Waals surface area (Å²) in [5, 5.41) is 8.00. The van der Waals surface area contributed by atoms with E-state index in [1.165, 1.54) is 0 Å². The molecule has 0 unspecified atom stereocenters. The minimum Gasteiger partial charge on any atom is -0.377 e. The van der Waals surface area contributed by atoms with Crippen LogP contribution in [0.25, 0.3) is 0 Å². The van der Waals surface area contributed by atoms with E-state index in [9.17, 15) is 0 Å². The van der Waals surface area contributed by atoms with Crippen molar-refractivity contribution in [3.8, 4) is 0 Å². The highest BCUT2D eigenvalue weighted by atomic mass is 17.1. The molecule has 0 spiro atoms. The monoisotopic (exact) mass is 144 g/mol. The smallest absolute Gasteiger partial charge is 0.138 e. The molecule has 0 aromatic heterocycles. The summed E-state index contributed by atoms with van der Waals surface area (Å²) < 4.78 is 4.50. The second kappa shape index (κ2) is 4.30. The van der Waals surface area contributed by atoms with Crippen molar-refractivity contribution in [2.75, 3.05) is 13.2 Å². The van der Waals surface area contributed by atoms with Crippen molar-refractivity contribution in [1.82, 2.24) is 0 Å². The standard InChI is InChI=1S/C5H8O2.C2H4O/c6-7-5-3-1-2-4-5;1-2-3-1/h3,6H,1-2,4H2;1-2H2. The first-order chi connectivity index (χ1) is 4.93. The lowest BCUT2D eigenvalue weighted by molar-refractivity contribution is -0.204. The normalized spacial score (nSPS) is 20.7. The van der Waals surface area contributed by atoms with E-state index in [0.29, 0.717) is 0 Å². The molecule has 1 heterocycles. The van der Waals surface area contributed by atoms with Crippen LogP contribution in [0, 0.1) is 0 Å². The summed E-state index contributed by atoms with van der Waals surface area (Å²) in [7, 11) is 0. The highest BCUT2D eigenvalue weighted by Gasteiger charge is 2.03. The molecule has 1 aliphatic heterocycles. The van der Waals surface area contributed by atoms with Gasteiger partial charge >= 0.3 is 0 Å². The van der Waals surface area contributed by atoms with Gasteiger partial charge in [-0.2, -0.15) is 0 Å². The van der Waals surface area contributed by atoms with Gasteiger partial charge in [0.05, 0.1) is 13.2 Å². The fourth-order valence-electron chi connectivity index (χ4n) is 0.724. The molecule has 0 amide bonds. The van der Waals surface area contributed by atoms with E-state index in [1.807, 2.05) is 6.08 Å². The molecular formula is C7H12O3. The summed E-state index contributed by atoms with van der Waals surface area (Å²) in [5.74, 6) is 0.722. The maximum Gasteiger partial charge on any atom is 0.138 e. The lowest BCUT2D eigenvalue weighted by atomic mass is 10.4. The number of rotatable bonds is 1. The van der Waals surface area contributed by atoms with Gasteiger partial charge < -0.3 is 9.62 Å². The van der Waals surface area contributed by atoms with Gasteiger partial charge in [-0.05, 0) is 18.9 Å². The topological polar surface area (TPSA) is 42.0 Å². The zero-order valence-corrected chi connectivity index (χ0v) is 5.88. The van der Waals surface area contributed by atoms with Crippen LogP contribution in [0.2, 0.25) is 0 Å². The molecule has 2 rings (SSSR count). The van der Waals surface area contributed by atoms with Crippen molar-refractivity contribution in [2.45, 2.75) is 19.3 Å². The number of hydrogen-bond acceptors (Lipinski definition) is 3. The molecule has 58 valence electrons. The molecular weight excluding hydrogens is 132 g/mol. The fraction of sp³-hybridized carbons (Fsp3) is 0.714. The van der Waals surface area contributed by atoms with Gasteiger partial charge in [0.15, 0.2) is 0 Å². The van der Waals surface area contributed by atoms with E-state index >= 15 is 0 Å². The van der Waals surface area contributed by atoms with Gasteiger partial charge in [0.1, 0.15) is 5.76 Å². The third-order valence-electron chi connectivity index (χ3n) is 1.32. The molecule has 3 nitrogen and oxygen atoms in total. The Hall–Kier alpha value is -0.540. The van der Waals surface area contributed by atoms with Crippen LogP contribution in [-0.2, 0) is 9.62 Å². The highest BCUT2D eigenvalue weighted by molar-refractivity contribution is 4.97. The quantitative estimate of drug-likeness (QED) is 0.345. The van der Waals surface area contributed by atoms with Gasteiger partial charge in [0.25, 0.3) is 0 Å². The first kappa shape index (κ1) is 7.57. The van der Waals surface area contributed by atoms with Gasteiger partial charge in [-0.1, -0.05) is 0 Å². The first-order valence-electron chi connectivity index (χ1n) is 3.51. The minimum atomic E-state index is 0.722. The van der Waals surface area contributed by atoms with E-state index in [4.69, 9.17) is 5.26 Å². The molecule has 10 heavy (non-hydrogen) atoms. The largest absolute Gasteiger partial charge is 0.377 e. The zero-order valence-electron chi connectivity index (χ0n) is 5.88. The van der Waals surface area contributed by atoms with Crippen molar-refractivity contribution < 1.29 is 14.9 Å². The fourth-order valence-corrected chi connectivity index (χ4v) is 0.724. The van der Waals surface area contributed by atoms with Crippen LogP contribution in [0.4, 0.5) is 0 Å². The Bertz CT molecular complexity index is 115. The van der Waals surface area contributed by atoms with Crippen LogP contribution in [0.1, 0.15) is 19.3 Å². The van der Waals surface area contributed by atoms with E-state index in [-0.39, 0.29) is 0 Å². The highest BCUT2D eigenvalue weighted by Crippen LogP contribution is 2.16. The predicted molar refractivity (Wildman–Crippen MR) is 36.5 cm³/mol. The number of epoxide rings is 1. The Balaban J connectivity index is 0.000000138. The summed E-state index contributed by atoms with van der Waals surface area (Å²) in [6.07, 6.45) is 4.97. The van der Waals surface area contributed by atoms with Gasteiger partial charge in [0, 0.05) is 6.42 Å². The van der Waals surface area contributed by atoms with Crippen molar-refractivity contribution in [1.29, 1.82) is 0 Å². The molecule has 1 fully saturated rings. The third-order valence-corrected chi connectivity index (χ3v) is 1.32. The molecule has 1 N–H and O–H groups in total. The lowest BCUT2D eigenvalue weighted by Crippen LogP contribution is -1.78. The average molecular weight is 144 g/mol. The molecule has 3 heteroatoms. The second-order valence-corrected chi connectivity index (χ2v) is 2.27. The summed E-state index contributed by atoms with van der Waals surface area (Å²) in [6, 6.07) is 0. The lowest BCUT2D eigenvalue weighted by Gasteiger charge is -1.90. The third kappa shape index (κ3) is 3.48. The van der Waals surface area contributed by atoms with E-state index < -0.39 is 0 Å². The molecule has 0 aromatic carbocycles. The Morgan fingerprint density at radius 2 is 2.20 bits per heavy atom.